The zero-order chi connectivity index (χ0) is 17.3. The smallest absolute Gasteiger partial charge is 0.258 e. The van der Waals surface area contributed by atoms with Crippen molar-refractivity contribution in [1.29, 1.82) is 0 Å². The molecule has 6 nitrogen and oxygen atoms in total. The summed E-state index contributed by atoms with van der Waals surface area (Å²) in [5.74, 6) is 0.661. The molecule has 0 N–H and O–H groups in total. The number of nitro benzene ring substituents is 1. The van der Waals surface area contributed by atoms with Gasteiger partial charge in [-0.15, -0.1) is 11.8 Å². The molecular formula is C15H13ClN2O4S2. The molecule has 1 aliphatic rings. The SMILES string of the molecule is O=[N+]([O-])c1ccc([C@@H]2SCCN2S(=O)(=O)c2ccc(Cl)cc2)cc1. The van der Waals surface area contributed by atoms with Crippen LogP contribution in [-0.2, 0) is 10.0 Å². The number of halogens is 1. The first-order chi connectivity index (χ1) is 11.4. The van der Waals surface area contributed by atoms with Crippen LogP contribution in [-0.4, -0.2) is 29.9 Å². The summed E-state index contributed by atoms with van der Waals surface area (Å²) in [6.07, 6.45) is 0. The Morgan fingerprint density at radius 3 is 2.33 bits per heavy atom. The van der Waals surface area contributed by atoms with Crippen molar-refractivity contribution in [2.45, 2.75) is 10.3 Å². The summed E-state index contributed by atoms with van der Waals surface area (Å²) in [6.45, 7) is 0.386. The van der Waals surface area contributed by atoms with Crippen LogP contribution in [0.1, 0.15) is 10.9 Å². The van der Waals surface area contributed by atoms with Crippen molar-refractivity contribution in [2.24, 2.45) is 0 Å². The lowest BCUT2D eigenvalue weighted by atomic mass is 10.2. The fourth-order valence-corrected chi connectivity index (χ4v) is 5.83. The Morgan fingerprint density at radius 1 is 1.12 bits per heavy atom. The van der Waals surface area contributed by atoms with Crippen LogP contribution in [0.25, 0.3) is 0 Å². The van der Waals surface area contributed by atoms with Gasteiger partial charge in [-0.05, 0) is 42.0 Å². The van der Waals surface area contributed by atoms with Crippen molar-refractivity contribution in [3.8, 4) is 0 Å². The van der Waals surface area contributed by atoms with Gasteiger partial charge < -0.3 is 0 Å². The molecule has 24 heavy (non-hydrogen) atoms. The van der Waals surface area contributed by atoms with Crippen molar-refractivity contribution in [1.82, 2.24) is 4.31 Å². The van der Waals surface area contributed by atoms with E-state index in [1.807, 2.05) is 0 Å². The third-order valence-corrected chi connectivity index (χ3v) is 7.18. The maximum absolute atomic E-state index is 12.9. The fourth-order valence-electron chi connectivity index (χ4n) is 2.47. The lowest BCUT2D eigenvalue weighted by molar-refractivity contribution is -0.384. The molecule has 0 saturated carbocycles. The molecule has 0 bridgehead atoms. The molecule has 0 unspecified atom stereocenters. The molecule has 1 atom stereocenters. The quantitative estimate of drug-likeness (QED) is 0.593. The van der Waals surface area contributed by atoms with Crippen LogP contribution in [0.15, 0.2) is 53.4 Å². The minimum Gasteiger partial charge on any atom is -0.258 e. The average molecular weight is 385 g/mol. The Bertz CT molecular complexity index is 854. The average Bonchev–Trinajstić information content (AvgIpc) is 3.06. The van der Waals surface area contributed by atoms with E-state index in [0.717, 1.165) is 5.56 Å². The summed E-state index contributed by atoms with van der Waals surface area (Å²) in [5, 5.41) is 10.8. The lowest BCUT2D eigenvalue weighted by Gasteiger charge is -2.23. The van der Waals surface area contributed by atoms with Gasteiger partial charge in [0.15, 0.2) is 0 Å². The molecule has 126 valence electrons. The van der Waals surface area contributed by atoms with Crippen LogP contribution in [0.4, 0.5) is 5.69 Å². The Balaban J connectivity index is 1.92. The van der Waals surface area contributed by atoms with Crippen LogP contribution in [0, 0.1) is 10.1 Å². The van der Waals surface area contributed by atoms with E-state index in [0.29, 0.717) is 17.3 Å². The second kappa shape index (κ2) is 6.72. The standard InChI is InChI=1S/C15H13ClN2O4S2/c16-12-3-7-14(8-4-12)24(21,22)17-9-10-23-15(17)11-1-5-13(6-2-11)18(19)20/h1-8,15H,9-10H2/t15-/m0/s1. The van der Waals surface area contributed by atoms with Crippen LogP contribution >= 0.6 is 23.4 Å². The summed E-state index contributed by atoms with van der Waals surface area (Å²) in [5.41, 5.74) is 0.703. The number of non-ortho nitro benzene ring substituents is 1. The largest absolute Gasteiger partial charge is 0.269 e. The molecule has 0 radical (unpaired) electrons. The number of rotatable bonds is 4. The summed E-state index contributed by atoms with van der Waals surface area (Å²) in [4.78, 5) is 10.5. The highest BCUT2D eigenvalue weighted by Gasteiger charge is 2.36. The zero-order valence-corrected chi connectivity index (χ0v) is 14.7. The van der Waals surface area contributed by atoms with E-state index in [4.69, 9.17) is 11.6 Å². The molecule has 1 heterocycles. The van der Waals surface area contributed by atoms with Gasteiger partial charge in [0.05, 0.1) is 15.2 Å². The predicted octanol–water partition coefficient (Wildman–Crippen LogP) is 3.68. The van der Waals surface area contributed by atoms with E-state index in [9.17, 15) is 18.5 Å². The third-order valence-electron chi connectivity index (χ3n) is 3.66. The van der Waals surface area contributed by atoms with Gasteiger partial charge in [-0.1, -0.05) is 11.6 Å². The Morgan fingerprint density at radius 2 is 1.75 bits per heavy atom. The van der Waals surface area contributed by atoms with Gasteiger partial charge in [-0.25, -0.2) is 8.42 Å². The fraction of sp³-hybridized carbons (Fsp3) is 0.200. The first-order valence-corrected chi connectivity index (χ1v) is 9.89. The van der Waals surface area contributed by atoms with E-state index in [-0.39, 0.29) is 10.6 Å². The normalized spacial score (nSPS) is 18.6. The maximum Gasteiger partial charge on any atom is 0.269 e. The van der Waals surface area contributed by atoms with E-state index < -0.39 is 20.3 Å². The molecule has 0 spiro atoms. The van der Waals surface area contributed by atoms with Crippen molar-refractivity contribution >= 4 is 39.1 Å². The first-order valence-electron chi connectivity index (χ1n) is 7.03. The van der Waals surface area contributed by atoms with Crippen molar-refractivity contribution in [2.75, 3.05) is 12.3 Å². The molecule has 0 amide bonds. The maximum atomic E-state index is 12.9. The van der Waals surface area contributed by atoms with Gasteiger partial charge in [0.2, 0.25) is 10.0 Å². The minimum atomic E-state index is -3.66. The monoisotopic (exact) mass is 384 g/mol. The van der Waals surface area contributed by atoms with Gasteiger partial charge in [-0.2, -0.15) is 4.31 Å². The van der Waals surface area contributed by atoms with Crippen molar-refractivity contribution in [3.63, 3.8) is 0 Å². The molecule has 0 aromatic heterocycles. The van der Waals surface area contributed by atoms with E-state index in [1.54, 1.807) is 24.3 Å². The molecule has 1 aliphatic heterocycles. The first kappa shape index (κ1) is 17.2. The number of nitrogens with zero attached hydrogens (tertiary/aromatic N) is 2. The molecule has 9 heteroatoms. The molecule has 1 fully saturated rings. The summed E-state index contributed by atoms with van der Waals surface area (Å²) >= 11 is 7.31. The number of benzene rings is 2. The molecule has 2 aromatic rings. The highest BCUT2D eigenvalue weighted by molar-refractivity contribution is 8.01. The number of nitro groups is 1. The third kappa shape index (κ3) is 3.27. The molecular weight excluding hydrogens is 372 g/mol. The summed E-state index contributed by atoms with van der Waals surface area (Å²) < 4.78 is 27.2. The highest BCUT2D eigenvalue weighted by atomic mass is 35.5. The summed E-state index contributed by atoms with van der Waals surface area (Å²) in [6, 6.07) is 12.0. The minimum absolute atomic E-state index is 0.0196. The van der Waals surface area contributed by atoms with Gasteiger partial charge in [0.1, 0.15) is 0 Å². The second-order valence-electron chi connectivity index (χ2n) is 5.14. The van der Waals surface area contributed by atoms with Gasteiger partial charge in [0.25, 0.3) is 5.69 Å². The van der Waals surface area contributed by atoms with Gasteiger partial charge in [-0.3, -0.25) is 10.1 Å². The van der Waals surface area contributed by atoms with Crippen LogP contribution in [0.3, 0.4) is 0 Å². The molecule has 3 rings (SSSR count). The number of hydrogen-bond acceptors (Lipinski definition) is 5. The zero-order valence-electron chi connectivity index (χ0n) is 12.3. The van der Waals surface area contributed by atoms with Crippen LogP contribution in [0.5, 0.6) is 0 Å². The Kier molecular flexibility index (Phi) is 4.82. The predicted molar refractivity (Wildman–Crippen MR) is 93.6 cm³/mol. The van der Waals surface area contributed by atoms with E-state index >= 15 is 0 Å². The lowest BCUT2D eigenvalue weighted by Crippen LogP contribution is -2.30. The van der Waals surface area contributed by atoms with Crippen molar-refractivity contribution < 1.29 is 13.3 Å². The topological polar surface area (TPSA) is 80.5 Å². The van der Waals surface area contributed by atoms with Gasteiger partial charge >= 0.3 is 0 Å². The van der Waals surface area contributed by atoms with Crippen LogP contribution in [0.2, 0.25) is 5.02 Å². The highest BCUT2D eigenvalue weighted by Crippen LogP contribution is 2.41. The summed E-state index contributed by atoms with van der Waals surface area (Å²) in [7, 11) is -3.66. The van der Waals surface area contributed by atoms with Crippen molar-refractivity contribution in [3.05, 3.63) is 69.2 Å². The van der Waals surface area contributed by atoms with Gasteiger partial charge in [0, 0.05) is 29.5 Å². The Hall–Kier alpha value is -1.61. The number of hydrogen-bond donors (Lipinski definition) is 0. The van der Waals surface area contributed by atoms with E-state index in [1.165, 1.54) is 40.3 Å². The van der Waals surface area contributed by atoms with Crippen LogP contribution < -0.4 is 0 Å². The Labute approximate surface area is 148 Å². The number of sulfonamides is 1. The van der Waals surface area contributed by atoms with E-state index in [2.05, 4.69) is 0 Å². The second-order valence-corrected chi connectivity index (χ2v) is 8.66. The molecule has 2 aromatic carbocycles. The molecule has 0 aliphatic carbocycles. The molecule has 1 saturated heterocycles. The number of thioether (sulfide) groups is 1.